The monoisotopic (exact) mass is 1010 g/mol. The molecular weight excluding hydrogens is 916 g/mol. The molecule has 8 N–H and O–H groups in total. The molecule has 0 heterocycles. The van der Waals surface area contributed by atoms with E-state index in [-0.39, 0.29) is 51.0 Å². The van der Waals surface area contributed by atoms with E-state index >= 15 is 0 Å². The molecule has 0 rings (SSSR count). The summed E-state index contributed by atoms with van der Waals surface area (Å²) in [5, 5.41) is 18.4. The molecule has 0 saturated heterocycles. The van der Waals surface area contributed by atoms with Crippen LogP contribution in [0.2, 0.25) is 0 Å². The third kappa shape index (κ3) is 45.2. The Morgan fingerprint density at radius 3 is 1.43 bits per heavy atom. The Morgan fingerprint density at radius 1 is 0.500 bits per heavy atom. The summed E-state index contributed by atoms with van der Waals surface area (Å²) in [5.41, 5.74) is 0. The first-order valence-corrected chi connectivity index (χ1v) is 29.7. The number of esters is 1. The number of phosphoric acid groups is 2. The van der Waals surface area contributed by atoms with Gasteiger partial charge in [-0.2, -0.15) is 0 Å². The standard InChI is InChI=1S/C49H97N3O14P2/c1-4-7-10-13-16-19-22-25-28-33-43(53)39-46(54)51-42(41-65-68(61,62)63)32-31-37-50-49(57)45(36-38-64-67(58,59)60)52-47(55)40-44(34-29-26-23-20-17-14-11-8-5-2)66-48(56)35-30-27-24-21-18-15-12-9-6-3/h42-45,53H,4-41H2,1-3H3,(H,50,57)(H,51,54)(H,52,55)(H2,58,59,60)(H2,61,62,63)/t42-,43-,44-,45+/m1/s1. The van der Waals surface area contributed by atoms with Crippen LogP contribution in [-0.2, 0) is 42.1 Å². The molecule has 0 fully saturated rings. The Hall–Kier alpha value is -1.94. The maximum absolute atomic E-state index is 13.5. The van der Waals surface area contributed by atoms with Crippen LogP contribution < -0.4 is 16.0 Å². The maximum atomic E-state index is 13.5. The fourth-order valence-electron chi connectivity index (χ4n) is 8.09. The molecule has 0 radical (unpaired) electrons. The van der Waals surface area contributed by atoms with Crippen molar-refractivity contribution in [2.45, 2.75) is 270 Å². The Kier molecular flexibility index (Phi) is 42.6. The predicted octanol–water partition coefficient (Wildman–Crippen LogP) is 10.3. The fourth-order valence-corrected chi connectivity index (χ4v) is 8.81. The van der Waals surface area contributed by atoms with Gasteiger partial charge in [-0.1, -0.05) is 181 Å². The van der Waals surface area contributed by atoms with Crippen molar-refractivity contribution in [1.29, 1.82) is 0 Å². The number of carbonyl (C=O) groups is 4. The SMILES string of the molecule is CCCCCCCCCCCC(=O)O[C@H](CCCCCCCCCCC)CC(=O)N[C@@H](CCOP(=O)(O)O)C(=O)NCCC[C@H](COP(=O)(O)O)NC(=O)C[C@H](O)CCCCCCCCCCC. The van der Waals surface area contributed by atoms with Crippen molar-refractivity contribution in [3.8, 4) is 0 Å². The Morgan fingerprint density at radius 2 is 0.941 bits per heavy atom. The molecule has 0 spiro atoms. The van der Waals surface area contributed by atoms with Crippen molar-refractivity contribution < 1.29 is 66.8 Å². The number of rotatable bonds is 49. The van der Waals surface area contributed by atoms with Crippen molar-refractivity contribution in [2.24, 2.45) is 0 Å². The van der Waals surface area contributed by atoms with Gasteiger partial charge in [0.1, 0.15) is 12.1 Å². The second-order valence-electron chi connectivity index (χ2n) is 18.7. The van der Waals surface area contributed by atoms with E-state index in [9.17, 15) is 53.0 Å². The quantitative estimate of drug-likeness (QED) is 0.0160. The molecule has 4 atom stereocenters. The van der Waals surface area contributed by atoms with Crippen LogP contribution in [0, 0.1) is 0 Å². The van der Waals surface area contributed by atoms with Gasteiger partial charge in [-0.15, -0.1) is 0 Å². The molecule has 68 heavy (non-hydrogen) atoms. The van der Waals surface area contributed by atoms with Gasteiger partial charge in [0.25, 0.3) is 0 Å². The average molecular weight is 1010 g/mol. The van der Waals surface area contributed by atoms with Crippen LogP contribution in [0.4, 0.5) is 0 Å². The largest absolute Gasteiger partial charge is 0.469 e. The second kappa shape index (κ2) is 43.8. The Bertz CT molecular complexity index is 1370. The zero-order valence-corrected chi connectivity index (χ0v) is 44.3. The molecule has 0 bridgehead atoms. The van der Waals surface area contributed by atoms with Crippen molar-refractivity contribution in [3.05, 3.63) is 0 Å². The van der Waals surface area contributed by atoms with E-state index in [1.54, 1.807) is 0 Å². The molecule has 19 heteroatoms. The first-order valence-electron chi connectivity index (χ1n) is 26.6. The van der Waals surface area contributed by atoms with E-state index < -0.39 is 70.9 Å². The van der Waals surface area contributed by atoms with Crippen molar-refractivity contribution in [3.63, 3.8) is 0 Å². The minimum absolute atomic E-state index is 0.00817. The first kappa shape index (κ1) is 66.1. The number of hydrogen-bond donors (Lipinski definition) is 8. The topological polar surface area (TPSA) is 267 Å². The molecule has 0 saturated carbocycles. The lowest BCUT2D eigenvalue weighted by Crippen LogP contribution is -2.48. The van der Waals surface area contributed by atoms with Crippen LogP contribution in [0.5, 0.6) is 0 Å². The number of aliphatic hydroxyl groups is 1. The summed E-state index contributed by atoms with van der Waals surface area (Å²) in [6.45, 7) is 5.47. The van der Waals surface area contributed by atoms with Crippen molar-refractivity contribution >= 4 is 39.3 Å². The van der Waals surface area contributed by atoms with Gasteiger partial charge in [0.15, 0.2) is 0 Å². The van der Waals surface area contributed by atoms with Gasteiger partial charge in [-0.3, -0.25) is 28.2 Å². The second-order valence-corrected chi connectivity index (χ2v) is 21.2. The van der Waals surface area contributed by atoms with Gasteiger partial charge >= 0.3 is 21.6 Å². The Labute approximate surface area is 410 Å². The maximum Gasteiger partial charge on any atom is 0.469 e. The van der Waals surface area contributed by atoms with E-state index in [2.05, 4.69) is 45.8 Å². The van der Waals surface area contributed by atoms with E-state index in [1.165, 1.54) is 96.3 Å². The average Bonchev–Trinajstić information content (AvgIpc) is 3.26. The van der Waals surface area contributed by atoms with Gasteiger partial charge in [-0.05, 0) is 38.5 Å². The lowest BCUT2D eigenvalue weighted by molar-refractivity contribution is -0.151. The number of unbranched alkanes of at least 4 members (excludes halogenated alkanes) is 24. The molecule has 3 amide bonds. The van der Waals surface area contributed by atoms with Crippen LogP contribution in [-0.4, -0.2) is 92.4 Å². The number of carbonyl (C=O) groups excluding carboxylic acids is 4. The smallest absolute Gasteiger partial charge is 0.462 e. The zero-order chi connectivity index (χ0) is 50.7. The summed E-state index contributed by atoms with van der Waals surface area (Å²) < 4.78 is 38.0. The third-order valence-corrected chi connectivity index (χ3v) is 13.0. The van der Waals surface area contributed by atoms with Crippen molar-refractivity contribution in [1.82, 2.24) is 16.0 Å². The number of phosphoric ester groups is 2. The fraction of sp³-hybridized carbons (Fsp3) is 0.918. The summed E-state index contributed by atoms with van der Waals surface area (Å²) in [7, 11) is -9.77. The lowest BCUT2D eigenvalue weighted by atomic mass is 10.0. The summed E-state index contributed by atoms with van der Waals surface area (Å²) in [6.07, 6.45) is 29.0. The molecule has 0 aromatic carbocycles. The summed E-state index contributed by atoms with van der Waals surface area (Å²) in [5.74, 6) is -2.17. The highest BCUT2D eigenvalue weighted by atomic mass is 31.2. The highest BCUT2D eigenvalue weighted by Gasteiger charge is 2.26. The summed E-state index contributed by atoms with van der Waals surface area (Å²) >= 11 is 0. The highest BCUT2D eigenvalue weighted by Crippen LogP contribution is 2.36. The van der Waals surface area contributed by atoms with Crippen LogP contribution in [0.3, 0.4) is 0 Å². The van der Waals surface area contributed by atoms with Crippen molar-refractivity contribution in [2.75, 3.05) is 19.8 Å². The highest BCUT2D eigenvalue weighted by molar-refractivity contribution is 7.46. The number of aliphatic hydroxyl groups excluding tert-OH is 1. The molecule has 0 aromatic heterocycles. The molecular formula is C49H97N3O14P2. The third-order valence-electron chi connectivity index (χ3n) is 12.0. The van der Waals surface area contributed by atoms with Gasteiger partial charge in [0, 0.05) is 19.4 Å². The van der Waals surface area contributed by atoms with Gasteiger partial charge in [0.2, 0.25) is 17.7 Å². The van der Waals surface area contributed by atoms with E-state index in [1.807, 2.05) is 0 Å². The summed E-state index contributed by atoms with van der Waals surface area (Å²) in [6, 6.07) is -2.15. The number of ether oxygens (including phenoxy) is 1. The molecule has 17 nitrogen and oxygen atoms in total. The number of amides is 3. The zero-order valence-electron chi connectivity index (χ0n) is 42.5. The molecule has 402 valence electrons. The van der Waals surface area contributed by atoms with Gasteiger partial charge in [0.05, 0.1) is 38.2 Å². The normalized spacial score (nSPS) is 13.7. The van der Waals surface area contributed by atoms with Crippen LogP contribution >= 0.6 is 15.6 Å². The molecule has 0 aromatic rings. The minimum Gasteiger partial charge on any atom is -0.462 e. The Balaban J connectivity index is 5.40. The number of hydrogen-bond acceptors (Lipinski definition) is 10. The summed E-state index contributed by atoms with van der Waals surface area (Å²) in [4.78, 5) is 89.8. The van der Waals surface area contributed by atoms with E-state index in [0.29, 0.717) is 19.3 Å². The van der Waals surface area contributed by atoms with E-state index in [0.717, 1.165) is 70.6 Å². The molecule has 0 aliphatic carbocycles. The predicted molar refractivity (Wildman–Crippen MR) is 267 cm³/mol. The molecule has 0 aliphatic heterocycles. The number of nitrogens with one attached hydrogen (secondary N) is 3. The molecule has 0 unspecified atom stereocenters. The van der Waals surface area contributed by atoms with Gasteiger partial charge in [-0.25, -0.2) is 9.13 Å². The molecule has 0 aliphatic rings. The van der Waals surface area contributed by atoms with E-state index in [4.69, 9.17) is 4.74 Å². The lowest BCUT2D eigenvalue weighted by Gasteiger charge is -2.22. The first-order chi connectivity index (χ1) is 32.5. The van der Waals surface area contributed by atoms with Crippen LogP contribution in [0.15, 0.2) is 0 Å². The minimum atomic E-state index is -4.89. The van der Waals surface area contributed by atoms with Crippen LogP contribution in [0.1, 0.15) is 245 Å². The van der Waals surface area contributed by atoms with Gasteiger partial charge < -0.3 is 45.4 Å². The van der Waals surface area contributed by atoms with Crippen LogP contribution in [0.25, 0.3) is 0 Å².